The normalized spacial score (nSPS) is 20.8. The van der Waals surface area contributed by atoms with Crippen LogP contribution in [-0.4, -0.2) is 59.3 Å². The van der Waals surface area contributed by atoms with Gasteiger partial charge in [-0.1, -0.05) is 59.6 Å². The van der Waals surface area contributed by atoms with Crippen LogP contribution in [0.3, 0.4) is 0 Å². The van der Waals surface area contributed by atoms with Crippen LogP contribution in [0.15, 0.2) is 66.2 Å². The molecule has 1 fully saturated rings. The lowest BCUT2D eigenvalue weighted by atomic mass is 9.77. The number of carboxylic acid groups (broad SMARTS) is 1. The topological polar surface area (TPSA) is 115 Å². The highest BCUT2D eigenvalue weighted by Crippen LogP contribution is 2.51. The number of hydrogen-bond donors (Lipinski definition) is 3. The average Bonchev–Trinajstić information content (AvgIpc) is 3.73. The number of aliphatic carboxylic acids is 1. The summed E-state index contributed by atoms with van der Waals surface area (Å²) in [5, 5.41) is 30.7. The minimum atomic E-state index is -1.12. The summed E-state index contributed by atoms with van der Waals surface area (Å²) < 4.78 is 8.44. The van der Waals surface area contributed by atoms with E-state index in [0.29, 0.717) is 12.1 Å². The van der Waals surface area contributed by atoms with Crippen molar-refractivity contribution in [1.29, 1.82) is 0 Å². The largest absolute Gasteiger partial charge is 0.477 e. The molecule has 3 N–H and O–H groups in total. The van der Waals surface area contributed by atoms with E-state index in [4.69, 9.17) is 0 Å². The van der Waals surface area contributed by atoms with Gasteiger partial charge in [0, 0.05) is 11.5 Å². The number of β-lactam (4-membered cyclic amide) rings is 1. The standard InChI is InChI=1S/C30H30N5O5S3/c1-16-23(26(30(39)40)35-25(16)24(17(2)37)27(35)38)21-11-34-15-33(28(41-3)29(34)43-21)9-19-6-4-5-18(7-19)8-31-12-22-32(14-31)10-20(13-36)42-22/h4-7,10-12,14-17,24-25,36-37H,8-9,13H2,1-3H3/q+1/p+1/t16-,17+,24+,25+/m0/s1. The lowest BCUT2D eigenvalue weighted by molar-refractivity contribution is -0.721. The molecule has 13 heteroatoms. The van der Waals surface area contributed by atoms with Crippen LogP contribution in [0.5, 0.6) is 0 Å². The van der Waals surface area contributed by atoms with Crippen molar-refractivity contribution in [2.45, 2.75) is 50.7 Å². The summed E-state index contributed by atoms with van der Waals surface area (Å²) in [7, 11) is 0. The Kier molecular flexibility index (Phi) is 6.97. The Hall–Kier alpha value is -3.49. The summed E-state index contributed by atoms with van der Waals surface area (Å²) in [6.07, 6.45) is 11.3. The van der Waals surface area contributed by atoms with Crippen molar-refractivity contribution in [1.82, 2.24) is 13.7 Å². The number of nitrogens with zero attached hydrogens (tertiary/aromatic N) is 5. The van der Waals surface area contributed by atoms with Crippen LogP contribution < -0.4 is 9.13 Å². The van der Waals surface area contributed by atoms with Crippen molar-refractivity contribution in [3.8, 4) is 0 Å². The number of carbonyl (C=O) groups excluding carboxylic acids is 1. The van der Waals surface area contributed by atoms with Crippen molar-refractivity contribution in [3.63, 3.8) is 0 Å². The monoisotopic (exact) mass is 637 g/mol. The fourth-order valence-corrected chi connectivity index (χ4v) is 9.68. The highest BCUT2D eigenvalue weighted by atomic mass is 32.2. The number of thioether (sulfide) groups is 1. The van der Waals surface area contributed by atoms with E-state index in [1.165, 1.54) is 27.4 Å². The van der Waals surface area contributed by atoms with Crippen LogP contribution in [0, 0.1) is 11.8 Å². The van der Waals surface area contributed by atoms with E-state index in [9.17, 15) is 24.9 Å². The van der Waals surface area contributed by atoms with E-state index in [1.54, 1.807) is 30.0 Å². The van der Waals surface area contributed by atoms with Crippen molar-refractivity contribution in [3.05, 3.63) is 82.1 Å². The SMILES string of the molecule is CSc1c2sc(C3=C(C(=O)O)N4C(=O)[C@H]([C@@H](C)O)[C@H]4[C@H]3C)cn2c[n+]1Cc1cccc(C[n+]2cc3sc(CO)cn3c2)c1. The number of hydrogen-bond acceptors (Lipinski definition) is 7. The molecule has 1 aromatic carbocycles. The van der Waals surface area contributed by atoms with Crippen molar-refractivity contribution >= 4 is 61.5 Å². The van der Waals surface area contributed by atoms with E-state index >= 15 is 0 Å². The molecular formula is C30H31N5O5S3+2. The van der Waals surface area contributed by atoms with Crippen LogP contribution in [0.25, 0.3) is 15.2 Å². The fraction of sp³-hybridized carbons (Fsp3) is 0.333. The number of aromatic nitrogens is 4. The van der Waals surface area contributed by atoms with Crippen molar-refractivity contribution in [2.24, 2.45) is 11.8 Å². The van der Waals surface area contributed by atoms with Gasteiger partial charge in [-0.2, -0.15) is 8.80 Å². The van der Waals surface area contributed by atoms with Gasteiger partial charge in [0.15, 0.2) is 0 Å². The summed E-state index contributed by atoms with van der Waals surface area (Å²) in [4.78, 5) is 30.4. The van der Waals surface area contributed by atoms with Crippen molar-refractivity contribution < 1.29 is 34.0 Å². The predicted molar refractivity (Wildman–Crippen MR) is 163 cm³/mol. The molecule has 4 atom stereocenters. The Bertz CT molecular complexity index is 1920. The second-order valence-electron chi connectivity index (χ2n) is 11.2. The molecule has 7 rings (SSSR count). The minimum Gasteiger partial charge on any atom is -0.477 e. The lowest BCUT2D eigenvalue weighted by Crippen LogP contribution is -2.63. The first-order valence-corrected chi connectivity index (χ1v) is 16.8. The van der Waals surface area contributed by atoms with Gasteiger partial charge in [-0.3, -0.25) is 4.79 Å². The van der Waals surface area contributed by atoms with Crippen molar-refractivity contribution in [2.75, 3.05) is 6.26 Å². The number of aliphatic hydroxyl groups excluding tert-OH is 2. The first-order valence-electron chi connectivity index (χ1n) is 13.9. The molecule has 4 aromatic heterocycles. The molecule has 0 bridgehead atoms. The minimum absolute atomic E-state index is 0.0362. The fourth-order valence-electron chi connectivity index (χ4n) is 6.61. The zero-order valence-electron chi connectivity index (χ0n) is 23.7. The third kappa shape index (κ3) is 4.52. The number of fused-ring (bicyclic) bond motifs is 3. The Morgan fingerprint density at radius 2 is 1.91 bits per heavy atom. The number of carbonyl (C=O) groups is 2. The van der Waals surface area contributed by atoms with Gasteiger partial charge < -0.3 is 20.2 Å². The van der Waals surface area contributed by atoms with Crippen LogP contribution in [-0.2, 0) is 29.3 Å². The third-order valence-electron chi connectivity index (χ3n) is 8.43. The maximum absolute atomic E-state index is 12.8. The molecule has 2 aliphatic rings. The number of benzene rings is 1. The second kappa shape index (κ2) is 10.6. The maximum atomic E-state index is 12.8. The average molecular weight is 638 g/mol. The van der Waals surface area contributed by atoms with E-state index in [-0.39, 0.29) is 30.2 Å². The van der Waals surface area contributed by atoms with E-state index in [2.05, 4.69) is 39.6 Å². The zero-order chi connectivity index (χ0) is 30.2. The molecular weight excluding hydrogens is 607 g/mol. The van der Waals surface area contributed by atoms with Crippen LogP contribution in [0.1, 0.15) is 34.7 Å². The Labute approximate surface area is 259 Å². The van der Waals surface area contributed by atoms with Crippen LogP contribution in [0.2, 0.25) is 0 Å². The summed E-state index contributed by atoms with van der Waals surface area (Å²) >= 11 is 4.76. The smallest absolute Gasteiger partial charge is 0.352 e. The van der Waals surface area contributed by atoms with Gasteiger partial charge >= 0.3 is 5.97 Å². The molecule has 43 heavy (non-hydrogen) atoms. The van der Waals surface area contributed by atoms with Crippen LogP contribution in [0.4, 0.5) is 0 Å². The van der Waals surface area contributed by atoms with Gasteiger partial charge in [0.05, 0.1) is 34.4 Å². The molecule has 5 aromatic rings. The van der Waals surface area contributed by atoms with Gasteiger partial charge in [0.25, 0.3) is 6.33 Å². The number of carboxylic acids is 1. The molecule has 10 nitrogen and oxygen atoms in total. The quantitative estimate of drug-likeness (QED) is 0.130. The number of rotatable bonds is 9. The van der Waals surface area contributed by atoms with Gasteiger partial charge in [0.2, 0.25) is 26.9 Å². The number of amides is 1. The third-order valence-corrected chi connectivity index (χ3v) is 11.5. The molecule has 0 saturated carbocycles. The molecule has 6 heterocycles. The zero-order valence-corrected chi connectivity index (χ0v) is 26.2. The summed E-state index contributed by atoms with van der Waals surface area (Å²) in [6.45, 7) is 5.01. The Morgan fingerprint density at radius 3 is 2.58 bits per heavy atom. The van der Waals surface area contributed by atoms with Gasteiger partial charge in [-0.25, -0.2) is 13.9 Å². The highest BCUT2D eigenvalue weighted by Gasteiger charge is 2.60. The van der Waals surface area contributed by atoms with Gasteiger partial charge in [0.1, 0.15) is 37.4 Å². The molecule has 2 aliphatic heterocycles. The Balaban J connectivity index is 1.16. The molecule has 0 spiro atoms. The second-order valence-corrected chi connectivity index (χ2v) is 14.2. The molecule has 0 radical (unpaired) electrons. The number of imidazole rings is 2. The molecule has 1 amide bonds. The summed E-state index contributed by atoms with van der Waals surface area (Å²) in [6, 6.07) is 8.20. The highest BCUT2D eigenvalue weighted by molar-refractivity contribution is 7.98. The predicted octanol–water partition coefficient (Wildman–Crippen LogP) is 2.85. The summed E-state index contributed by atoms with van der Waals surface area (Å²) in [5.74, 6) is -2.23. The number of aliphatic hydroxyl groups is 2. The molecule has 0 aliphatic carbocycles. The van der Waals surface area contributed by atoms with Gasteiger partial charge in [-0.05, 0) is 30.4 Å². The van der Waals surface area contributed by atoms with E-state index in [1.807, 2.05) is 47.0 Å². The number of thiazole rings is 2. The molecule has 1 saturated heterocycles. The lowest BCUT2D eigenvalue weighted by Gasteiger charge is -2.46. The van der Waals surface area contributed by atoms with Gasteiger partial charge in [-0.15, -0.1) is 0 Å². The summed E-state index contributed by atoms with van der Waals surface area (Å²) in [5.41, 5.74) is 3.06. The first-order chi connectivity index (χ1) is 20.7. The van der Waals surface area contributed by atoms with E-state index in [0.717, 1.165) is 31.0 Å². The Morgan fingerprint density at radius 1 is 1.14 bits per heavy atom. The first kappa shape index (κ1) is 28.3. The molecule has 222 valence electrons. The van der Waals surface area contributed by atoms with E-state index < -0.39 is 18.0 Å². The maximum Gasteiger partial charge on any atom is 0.352 e. The van der Waals surface area contributed by atoms with Crippen LogP contribution >= 0.6 is 34.4 Å². The molecule has 0 unspecified atom stereocenters.